The zero-order valence-electron chi connectivity index (χ0n) is 13.7. The van der Waals surface area contributed by atoms with Crippen LogP contribution in [0.2, 0.25) is 0 Å². The number of nitrogens with zero attached hydrogens (tertiary/aromatic N) is 2. The molecule has 0 aliphatic heterocycles. The predicted octanol–water partition coefficient (Wildman–Crippen LogP) is 1.50. The lowest BCUT2D eigenvalue weighted by atomic mass is 9.98. The van der Waals surface area contributed by atoms with Gasteiger partial charge in [-0.15, -0.1) is 0 Å². The molecule has 1 heterocycles. The highest BCUT2D eigenvalue weighted by Gasteiger charge is 2.18. The van der Waals surface area contributed by atoms with Gasteiger partial charge >= 0.3 is 6.03 Å². The first kappa shape index (κ1) is 17.5. The molecule has 1 aromatic heterocycles. The summed E-state index contributed by atoms with van der Waals surface area (Å²) in [7, 11) is 0. The maximum absolute atomic E-state index is 12.2. The summed E-state index contributed by atoms with van der Waals surface area (Å²) in [6, 6.07) is 8.40. The van der Waals surface area contributed by atoms with Gasteiger partial charge in [-0.3, -0.25) is 9.48 Å². The Morgan fingerprint density at radius 2 is 2.08 bits per heavy atom. The molecule has 0 bridgehead atoms. The maximum atomic E-state index is 12.2. The molecular weight excluding hydrogens is 306 g/mol. The lowest BCUT2D eigenvalue weighted by Crippen LogP contribution is -2.37. The standard InChI is InChI=1S/C17H23N5O2/c1-13-6-2-3-7-14(13)15(21-17(18)24)12-16(23)19-8-4-10-22-11-5-9-20-22/h2-3,5-7,9,11,15H,4,8,10,12H2,1H3,(H,19,23)(H3,18,21,24). The fourth-order valence-corrected chi connectivity index (χ4v) is 2.55. The number of hydrogen-bond acceptors (Lipinski definition) is 3. The second-order valence-electron chi connectivity index (χ2n) is 5.59. The van der Waals surface area contributed by atoms with E-state index in [1.807, 2.05) is 48.1 Å². The van der Waals surface area contributed by atoms with Gasteiger partial charge < -0.3 is 16.4 Å². The Kier molecular flexibility index (Phi) is 6.36. The largest absolute Gasteiger partial charge is 0.356 e. The zero-order valence-corrected chi connectivity index (χ0v) is 13.7. The first-order chi connectivity index (χ1) is 11.6. The molecule has 4 N–H and O–H groups in total. The van der Waals surface area contributed by atoms with Gasteiger partial charge in [0, 0.05) is 25.5 Å². The number of primary amides is 1. The van der Waals surface area contributed by atoms with Crippen LogP contribution in [0.5, 0.6) is 0 Å². The second kappa shape index (κ2) is 8.71. The van der Waals surface area contributed by atoms with Crippen LogP contribution in [0.3, 0.4) is 0 Å². The molecule has 0 aliphatic rings. The molecule has 3 amide bonds. The summed E-state index contributed by atoms with van der Waals surface area (Å²) in [6.07, 6.45) is 4.54. The average Bonchev–Trinajstić information content (AvgIpc) is 3.04. The van der Waals surface area contributed by atoms with Gasteiger partial charge in [0.1, 0.15) is 0 Å². The summed E-state index contributed by atoms with van der Waals surface area (Å²) in [5, 5.41) is 9.62. The molecular formula is C17H23N5O2. The van der Waals surface area contributed by atoms with E-state index in [9.17, 15) is 9.59 Å². The number of nitrogens with one attached hydrogen (secondary N) is 2. The quantitative estimate of drug-likeness (QED) is 0.639. The van der Waals surface area contributed by atoms with Crippen molar-refractivity contribution in [2.45, 2.75) is 32.4 Å². The van der Waals surface area contributed by atoms with Gasteiger partial charge in [0.05, 0.1) is 12.5 Å². The number of carbonyl (C=O) groups is 2. The molecule has 0 spiro atoms. The van der Waals surface area contributed by atoms with Crippen molar-refractivity contribution >= 4 is 11.9 Å². The Bertz CT molecular complexity index is 669. The molecule has 0 aliphatic carbocycles. The van der Waals surface area contributed by atoms with E-state index in [1.54, 1.807) is 6.20 Å². The van der Waals surface area contributed by atoms with E-state index in [1.165, 1.54) is 0 Å². The van der Waals surface area contributed by atoms with Crippen LogP contribution in [-0.4, -0.2) is 28.3 Å². The van der Waals surface area contributed by atoms with Crippen LogP contribution < -0.4 is 16.4 Å². The molecule has 0 radical (unpaired) electrons. The normalized spacial score (nSPS) is 11.7. The van der Waals surface area contributed by atoms with Gasteiger partial charge in [0.25, 0.3) is 0 Å². The van der Waals surface area contributed by atoms with E-state index < -0.39 is 12.1 Å². The third-order valence-corrected chi connectivity index (χ3v) is 3.72. The molecule has 7 heteroatoms. The lowest BCUT2D eigenvalue weighted by molar-refractivity contribution is -0.121. The van der Waals surface area contributed by atoms with Crippen molar-refractivity contribution in [2.75, 3.05) is 6.54 Å². The van der Waals surface area contributed by atoms with Crippen LogP contribution in [0.4, 0.5) is 4.79 Å². The fraction of sp³-hybridized carbons (Fsp3) is 0.353. The van der Waals surface area contributed by atoms with Crippen molar-refractivity contribution in [1.29, 1.82) is 0 Å². The molecule has 1 aromatic carbocycles. The SMILES string of the molecule is Cc1ccccc1C(CC(=O)NCCCn1cccn1)NC(N)=O. The third kappa shape index (κ3) is 5.42. The molecule has 1 unspecified atom stereocenters. The van der Waals surface area contributed by atoms with Gasteiger partial charge in [0.15, 0.2) is 0 Å². The number of aromatic nitrogens is 2. The lowest BCUT2D eigenvalue weighted by Gasteiger charge is -2.19. The Labute approximate surface area is 141 Å². The minimum atomic E-state index is -0.644. The molecule has 7 nitrogen and oxygen atoms in total. The first-order valence-electron chi connectivity index (χ1n) is 7.92. The first-order valence-corrected chi connectivity index (χ1v) is 7.92. The van der Waals surface area contributed by atoms with Gasteiger partial charge in [0.2, 0.25) is 5.91 Å². The van der Waals surface area contributed by atoms with Crippen LogP contribution in [0.25, 0.3) is 0 Å². The van der Waals surface area contributed by atoms with E-state index in [0.29, 0.717) is 6.54 Å². The number of nitrogens with two attached hydrogens (primary N) is 1. The fourth-order valence-electron chi connectivity index (χ4n) is 2.55. The van der Waals surface area contributed by atoms with E-state index in [0.717, 1.165) is 24.1 Å². The summed E-state index contributed by atoms with van der Waals surface area (Å²) >= 11 is 0. The van der Waals surface area contributed by atoms with Crippen LogP contribution in [0.1, 0.15) is 30.0 Å². The Morgan fingerprint density at radius 1 is 1.29 bits per heavy atom. The summed E-state index contributed by atoms with van der Waals surface area (Å²) in [5.74, 6) is -0.127. The molecule has 0 fully saturated rings. The van der Waals surface area contributed by atoms with Gasteiger partial charge in [-0.05, 0) is 30.5 Å². The van der Waals surface area contributed by atoms with Crippen molar-refractivity contribution in [3.05, 3.63) is 53.9 Å². The van der Waals surface area contributed by atoms with E-state index in [-0.39, 0.29) is 12.3 Å². The summed E-state index contributed by atoms with van der Waals surface area (Å²) in [4.78, 5) is 23.4. The molecule has 128 valence electrons. The minimum absolute atomic E-state index is 0.127. The van der Waals surface area contributed by atoms with Crippen molar-refractivity contribution in [2.24, 2.45) is 5.73 Å². The van der Waals surface area contributed by atoms with E-state index >= 15 is 0 Å². The second-order valence-corrected chi connectivity index (χ2v) is 5.59. The predicted molar refractivity (Wildman–Crippen MR) is 91.1 cm³/mol. The van der Waals surface area contributed by atoms with Crippen molar-refractivity contribution < 1.29 is 9.59 Å². The topological polar surface area (TPSA) is 102 Å². The molecule has 1 atom stereocenters. The summed E-state index contributed by atoms with van der Waals surface area (Å²) < 4.78 is 1.82. The van der Waals surface area contributed by atoms with Gasteiger partial charge in [-0.1, -0.05) is 24.3 Å². The van der Waals surface area contributed by atoms with Crippen molar-refractivity contribution in [3.63, 3.8) is 0 Å². The van der Waals surface area contributed by atoms with Crippen molar-refractivity contribution in [3.8, 4) is 0 Å². The molecule has 0 saturated carbocycles. The number of urea groups is 1. The number of carbonyl (C=O) groups excluding carboxylic acids is 2. The van der Waals surface area contributed by atoms with Crippen LogP contribution in [0.15, 0.2) is 42.7 Å². The molecule has 2 rings (SSSR count). The van der Waals surface area contributed by atoms with Crippen LogP contribution >= 0.6 is 0 Å². The summed E-state index contributed by atoms with van der Waals surface area (Å²) in [5.41, 5.74) is 7.14. The van der Waals surface area contributed by atoms with Crippen molar-refractivity contribution in [1.82, 2.24) is 20.4 Å². The van der Waals surface area contributed by atoms with E-state index in [2.05, 4.69) is 15.7 Å². The molecule has 2 aromatic rings. The number of rotatable bonds is 8. The average molecular weight is 329 g/mol. The Balaban J connectivity index is 1.85. The third-order valence-electron chi connectivity index (χ3n) is 3.72. The maximum Gasteiger partial charge on any atom is 0.312 e. The highest BCUT2D eigenvalue weighted by atomic mass is 16.2. The highest BCUT2D eigenvalue weighted by Crippen LogP contribution is 2.20. The highest BCUT2D eigenvalue weighted by molar-refractivity contribution is 5.78. The zero-order chi connectivity index (χ0) is 17.4. The van der Waals surface area contributed by atoms with Crippen LogP contribution in [0, 0.1) is 6.92 Å². The number of benzene rings is 1. The number of hydrogen-bond donors (Lipinski definition) is 3. The number of amides is 3. The Hall–Kier alpha value is -2.83. The van der Waals surface area contributed by atoms with Gasteiger partial charge in [-0.2, -0.15) is 5.10 Å². The molecule has 24 heavy (non-hydrogen) atoms. The van der Waals surface area contributed by atoms with E-state index in [4.69, 9.17) is 5.73 Å². The Morgan fingerprint density at radius 3 is 2.75 bits per heavy atom. The minimum Gasteiger partial charge on any atom is -0.356 e. The monoisotopic (exact) mass is 329 g/mol. The van der Waals surface area contributed by atoms with Gasteiger partial charge in [-0.25, -0.2) is 4.79 Å². The summed E-state index contributed by atoms with van der Waals surface area (Å²) in [6.45, 7) is 3.23. The smallest absolute Gasteiger partial charge is 0.312 e. The number of aryl methyl sites for hydroxylation is 2. The molecule has 0 saturated heterocycles. The van der Waals surface area contributed by atoms with Crippen LogP contribution in [-0.2, 0) is 11.3 Å².